The van der Waals surface area contributed by atoms with E-state index in [1.54, 1.807) is 4.57 Å². The highest BCUT2D eigenvalue weighted by atomic mass is 16.4. The first-order valence-corrected chi connectivity index (χ1v) is 6.44. The highest BCUT2D eigenvalue weighted by molar-refractivity contribution is 5.69. The van der Waals surface area contributed by atoms with Gasteiger partial charge >= 0.3 is 5.97 Å². The average Bonchev–Trinajstić information content (AvgIpc) is 2.34. The average molecular weight is 236 g/mol. The Balaban J connectivity index is 2.42. The Bertz CT molecular complexity index is 324. The maximum Gasteiger partial charge on any atom is 0.373 e. The summed E-state index contributed by atoms with van der Waals surface area (Å²) in [6, 6.07) is 5.22. The molecule has 1 unspecified atom stereocenters. The minimum atomic E-state index is -0.739. The molecule has 0 bridgehead atoms. The predicted molar refractivity (Wildman–Crippen MR) is 66.7 cm³/mol. The van der Waals surface area contributed by atoms with Crippen LogP contribution in [0.2, 0.25) is 0 Å². The van der Waals surface area contributed by atoms with Gasteiger partial charge in [0.15, 0.2) is 12.4 Å². The Hall–Kier alpha value is -1.38. The van der Waals surface area contributed by atoms with E-state index in [0.29, 0.717) is 6.42 Å². The highest BCUT2D eigenvalue weighted by Gasteiger charge is 2.25. The molecular formula is C14H22NO2+. The lowest BCUT2D eigenvalue weighted by Gasteiger charge is -2.07. The van der Waals surface area contributed by atoms with Gasteiger partial charge in [-0.3, -0.25) is 0 Å². The van der Waals surface area contributed by atoms with Crippen molar-refractivity contribution in [2.24, 2.45) is 0 Å². The van der Waals surface area contributed by atoms with Gasteiger partial charge in [-0.05, 0) is 6.42 Å². The molecule has 0 saturated heterocycles. The van der Waals surface area contributed by atoms with Gasteiger partial charge in [-0.2, -0.15) is 4.57 Å². The number of rotatable bonds is 8. The zero-order valence-corrected chi connectivity index (χ0v) is 10.5. The fraction of sp³-hybridized carbons (Fsp3) is 0.571. The zero-order valence-electron chi connectivity index (χ0n) is 10.5. The first-order valence-electron chi connectivity index (χ1n) is 6.44. The molecule has 1 aromatic heterocycles. The number of aromatic nitrogens is 1. The third kappa shape index (κ3) is 4.98. The quantitative estimate of drug-likeness (QED) is 0.557. The number of hydrogen-bond donors (Lipinski definition) is 1. The molecule has 94 valence electrons. The van der Waals surface area contributed by atoms with Crippen molar-refractivity contribution in [2.45, 2.75) is 51.5 Å². The van der Waals surface area contributed by atoms with Gasteiger partial charge in [-0.1, -0.05) is 38.7 Å². The summed E-state index contributed by atoms with van der Waals surface area (Å²) in [4.78, 5) is 11.2. The first-order chi connectivity index (χ1) is 8.25. The van der Waals surface area contributed by atoms with Crippen LogP contribution in [0.3, 0.4) is 0 Å². The molecule has 1 heterocycles. The van der Waals surface area contributed by atoms with E-state index >= 15 is 0 Å². The number of pyridine rings is 1. The molecule has 0 spiro atoms. The van der Waals surface area contributed by atoms with Crippen LogP contribution in [0.25, 0.3) is 0 Å². The van der Waals surface area contributed by atoms with Crippen LogP contribution in [-0.4, -0.2) is 11.1 Å². The molecule has 0 aliphatic rings. The summed E-state index contributed by atoms with van der Waals surface area (Å²) in [5.74, 6) is -0.739. The first kappa shape index (κ1) is 13.7. The molecule has 1 N–H and O–H groups in total. The number of carbonyl (C=O) groups is 1. The molecule has 0 saturated carbocycles. The van der Waals surface area contributed by atoms with Crippen molar-refractivity contribution in [3.05, 3.63) is 30.6 Å². The number of hydrogen-bond acceptors (Lipinski definition) is 1. The lowest BCUT2D eigenvalue weighted by atomic mass is 10.1. The molecule has 3 heteroatoms. The van der Waals surface area contributed by atoms with E-state index in [4.69, 9.17) is 0 Å². The van der Waals surface area contributed by atoms with E-state index in [1.807, 2.05) is 30.6 Å². The molecule has 0 aliphatic carbocycles. The standard InChI is InChI=1S/C14H21NO2/c1-2-3-4-5-7-10-13(14(16)17)15-11-8-6-9-12-15/h6,8-9,11-13H,2-5,7,10H2,1H3/p+1. The third-order valence-electron chi connectivity index (χ3n) is 2.96. The van der Waals surface area contributed by atoms with E-state index in [9.17, 15) is 9.90 Å². The van der Waals surface area contributed by atoms with Gasteiger partial charge in [0.05, 0.1) is 0 Å². The predicted octanol–water partition coefficient (Wildman–Crippen LogP) is 2.96. The Labute approximate surface area is 103 Å². The van der Waals surface area contributed by atoms with Crippen molar-refractivity contribution in [3.8, 4) is 0 Å². The van der Waals surface area contributed by atoms with Gasteiger partial charge < -0.3 is 5.11 Å². The van der Waals surface area contributed by atoms with Gasteiger partial charge in [-0.25, -0.2) is 4.79 Å². The summed E-state index contributed by atoms with van der Waals surface area (Å²) in [5.41, 5.74) is 0. The van der Waals surface area contributed by atoms with Crippen molar-refractivity contribution < 1.29 is 14.5 Å². The lowest BCUT2D eigenvalue weighted by molar-refractivity contribution is -0.711. The molecule has 0 amide bonds. The molecule has 1 aromatic rings. The Morgan fingerprint density at radius 2 is 1.76 bits per heavy atom. The van der Waals surface area contributed by atoms with Crippen LogP contribution in [0, 0.1) is 0 Å². The van der Waals surface area contributed by atoms with Gasteiger partial charge in [0.25, 0.3) is 6.04 Å². The molecule has 0 radical (unpaired) electrons. The van der Waals surface area contributed by atoms with Crippen LogP contribution in [0.5, 0.6) is 0 Å². The third-order valence-corrected chi connectivity index (χ3v) is 2.96. The Morgan fingerprint density at radius 1 is 1.12 bits per heavy atom. The smallest absolute Gasteiger partial charge is 0.373 e. The largest absolute Gasteiger partial charge is 0.476 e. The molecular weight excluding hydrogens is 214 g/mol. The second-order valence-corrected chi connectivity index (χ2v) is 4.38. The van der Waals surface area contributed by atoms with E-state index < -0.39 is 12.0 Å². The molecule has 3 nitrogen and oxygen atoms in total. The second kappa shape index (κ2) is 7.82. The van der Waals surface area contributed by atoms with E-state index in [2.05, 4.69) is 6.92 Å². The summed E-state index contributed by atoms with van der Waals surface area (Å²) >= 11 is 0. The van der Waals surface area contributed by atoms with Crippen molar-refractivity contribution >= 4 is 5.97 Å². The van der Waals surface area contributed by atoms with Crippen LogP contribution in [0.1, 0.15) is 51.5 Å². The van der Waals surface area contributed by atoms with Crippen molar-refractivity contribution in [1.82, 2.24) is 0 Å². The summed E-state index contributed by atoms with van der Waals surface area (Å²) in [5, 5.41) is 9.21. The minimum Gasteiger partial charge on any atom is -0.476 e. The van der Waals surface area contributed by atoms with Crippen molar-refractivity contribution in [1.29, 1.82) is 0 Å². The summed E-state index contributed by atoms with van der Waals surface area (Å²) in [7, 11) is 0. The zero-order chi connectivity index (χ0) is 12.5. The Morgan fingerprint density at radius 3 is 2.35 bits per heavy atom. The Kier molecular flexibility index (Phi) is 6.30. The monoisotopic (exact) mass is 236 g/mol. The molecule has 1 atom stereocenters. The fourth-order valence-electron chi connectivity index (χ4n) is 1.96. The van der Waals surface area contributed by atoms with Gasteiger partial charge in [0, 0.05) is 18.6 Å². The van der Waals surface area contributed by atoms with Crippen LogP contribution in [-0.2, 0) is 4.79 Å². The van der Waals surface area contributed by atoms with E-state index in [1.165, 1.54) is 19.3 Å². The number of nitrogens with zero attached hydrogens (tertiary/aromatic N) is 1. The second-order valence-electron chi connectivity index (χ2n) is 4.38. The molecule has 0 aromatic carbocycles. The topological polar surface area (TPSA) is 41.2 Å². The van der Waals surface area contributed by atoms with Gasteiger partial charge in [-0.15, -0.1) is 0 Å². The minimum absolute atomic E-state index is 0.419. The molecule has 0 fully saturated rings. The van der Waals surface area contributed by atoms with Crippen LogP contribution >= 0.6 is 0 Å². The maximum atomic E-state index is 11.2. The van der Waals surface area contributed by atoms with Crippen LogP contribution in [0.15, 0.2) is 30.6 Å². The number of unbranched alkanes of at least 4 members (excludes halogenated alkanes) is 4. The van der Waals surface area contributed by atoms with Crippen molar-refractivity contribution in [3.63, 3.8) is 0 Å². The van der Waals surface area contributed by atoms with Gasteiger partial charge in [0.1, 0.15) is 0 Å². The van der Waals surface area contributed by atoms with Crippen molar-refractivity contribution in [2.75, 3.05) is 0 Å². The summed E-state index contributed by atoms with van der Waals surface area (Å²) in [6.07, 6.45) is 10.2. The molecule has 1 rings (SSSR count). The van der Waals surface area contributed by atoms with E-state index in [-0.39, 0.29) is 0 Å². The van der Waals surface area contributed by atoms with Crippen LogP contribution < -0.4 is 4.57 Å². The number of aliphatic carboxylic acids is 1. The number of carboxylic acids is 1. The summed E-state index contributed by atoms with van der Waals surface area (Å²) in [6.45, 7) is 2.18. The fourth-order valence-corrected chi connectivity index (χ4v) is 1.96. The van der Waals surface area contributed by atoms with Crippen LogP contribution in [0.4, 0.5) is 0 Å². The number of carboxylic acid groups (broad SMARTS) is 1. The maximum absolute atomic E-state index is 11.2. The normalized spacial score (nSPS) is 12.3. The summed E-state index contributed by atoms with van der Waals surface area (Å²) < 4.78 is 1.78. The highest BCUT2D eigenvalue weighted by Crippen LogP contribution is 2.12. The van der Waals surface area contributed by atoms with E-state index in [0.717, 1.165) is 12.8 Å². The molecule has 0 aliphatic heterocycles. The lowest BCUT2D eigenvalue weighted by Crippen LogP contribution is -2.43. The SMILES string of the molecule is CCCCCCCC(C(=O)O)[n+]1ccccc1. The molecule has 17 heavy (non-hydrogen) atoms. The van der Waals surface area contributed by atoms with Gasteiger partial charge in [0.2, 0.25) is 0 Å².